The Labute approximate surface area is 107 Å². The summed E-state index contributed by atoms with van der Waals surface area (Å²) < 4.78 is 13.8. The summed E-state index contributed by atoms with van der Waals surface area (Å²) in [4.78, 5) is 2.06. The molecular weight excluding hydrogens is 227 g/mol. The van der Waals surface area contributed by atoms with Crippen LogP contribution >= 0.6 is 0 Å². The number of anilines is 2. The number of benzene rings is 2. The van der Waals surface area contributed by atoms with Crippen LogP contribution in [0.25, 0.3) is 0 Å². The van der Waals surface area contributed by atoms with Crippen molar-refractivity contribution in [3.63, 3.8) is 0 Å². The number of hydrogen-bond acceptors (Lipinski definition) is 2. The Bertz CT molecular complexity index is 511. The van der Waals surface area contributed by atoms with E-state index in [1.807, 2.05) is 43.3 Å². The monoisotopic (exact) mass is 244 g/mol. The SMILES string of the molecule is CCN(c1ccccc1)c1ccc(CN)c(F)c1. The molecule has 0 saturated heterocycles. The maximum atomic E-state index is 13.8. The van der Waals surface area contributed by atoms with Gasteiger partial charge in [0.25, 0.3) is 0 Å². The summed E-state index contributed by atoms with van der Waals surface area (Å²) >= 11 is 0. The van der Waals surface area contributed by atoms with E-state index >= 15 is 0 Å². The fourth-order valence-electron chi connectivity index (χ4n) is 1.99. The molecule has 0 fully saturated rings. The van der Waals surface area contributed by atoms with E-state index in [1.54, 1.807) is 12.1 Å². The Morgan fingerprint density at radius 1 is 1.06 bits per heavy atom. The van der Waals surface area contributed by atoms with Crippen LogP contribution in [0.4, 0.5) is 15.8 Å². The highest BCUT2D eigenvalue weighted by Gasteiger charge is 2.09. The summed E-state index contributed by atoms with van der Waals surface area (Å²) in [6.45, 7) is 3.05. The van der Waals surface area contributed by atoms with Crippen molar-refractivity contribution in [2.24, 2.45) is 5.73 Å². The molecule has 0 unspecified atom stereocenters. The van der Waals surface area contributed by atoms with E-state index in [2.05, 4.69) is 4.90 Å². The smallest absolute Gasteiger partial charge is 0.129 e. The summed E-state index contributed by atoms with van der Waals surface area (Å²) in [6.07, 6.45) is 0. The first kappa shape index (κ1) is 12.6. The molecule has 0 aromatic heterocycles. The molecule has 3 heteroatoms. The second-order valence-corrected chi connectivity index (χ2v) is 4.06. The van der Waals surface area contributed by atoms with E-state index < -0.39 is 0 Å². The Balaban J connectivity index is 2.37. The average molecular weight is 244 g/mol. The van der Waals surface area contributed by atoms with Gasteiger partial charge in [0.2, 0.25) is 0 Å². The third-order valence-corrected chi connectivity index (χ3v) is 2.95. The lowest BCUT2D eigenvalue weighted by molar-refractivity contribution is 0.610. The van der Waals surface area contributed by atoms with E-state index in [0.717, 1.165) is 17.9 Å². The lowest BCUT2D eigenvalue weighted by Crippen LogP contribution is -2.16. The predicted octanol–water partition coefficient (Wildman–Crippen LogP) is 3.44. The summed E-state index contributed by atoms with van der Waals surface area (Å²) in [5.41, 5.74) is 7.91. The molecule has 18 heavy (non-hydrogen) atoms. The molecule has 94 valence electrons. The molecule has 0 heterocycles. The molecule has 0 amide bonds. The molecule has 0 spiro atoms. The first-order valence-electron chi connectivity index (χ1n) is 6.07. The normalized spacial score (nSPS) is 10.4. The van der Waals surface area contributed by atoms with Gasteiger partial charge in [0.15, 0.2) is 0 Å². The van der Waals surface area contributed by atoms with Gasteiger partial charge in [-0.2, -0.15) is 0 Å². The first-order chi connectivity index (χ1) is 8.76. The minimum absolute atomic E-state index is 0.226. The van der Waals surface area contributed by atoms with Crippen molar-refractivity contribution in [2.75, 3.05) is 11.4 Å². The van der Waals surface area contributed by atoms with Gasteiger partial charge >= 0.3 is 0 Å². The molecule has 2 N–H and O–H groups in total. The Morgan fingerprint density at radius 2 is 1.78 bits per heavy atom. The number of halogens is 1. The number of hydrogen-bond donors (Lipinski definition) is 1. The summed E-state index contributed by atoms with van der Waals surface area (Å²) in [5, 5.41) is 0. The topological polar surface area (TPSA) is 29.3 Å². The van der Waals surface area contributed by atoms with Gasteiger partial charge in [0.1, 0.15) is 5.82 Å². The predicted molar refractivity (Wildman–Crippen MR) is 73.4 cm³/mol. The van der Waals surface area contributed by atoms with Crippen molar-refractivity contribution in [2.45, 2.75) is 13.5 Å². The Morgan fingerprint density at radius 3 is 2.33 bits per heavy atom. The van der Waals surface area contributed by atoms with Gasteiger partial charge in [-0.3, -0.25) is 0 Å². The Kier molecular flexibility index (Phi) is 3.95. The third-order valence-electron chi connectivity index (χ3n) is 2.95. The quantitative estimate of drug-likeness (QED) is 0.892. The summed E-state index contributed by atoms with van der Waals surface area (Å²) in [6, 6.07) is 15.1. The zero-order valence-electron chi connectivity index (χ0n) is 10.4. The van der Waals surface area contributed by atoms with Crippen LogP contribution in [0.15, 0.2) is 48.5 Å². The standard InChI is InChI=1S/C15H17FN2/c1-2-18(13-6-4-3-5-7-13)14-9-8-12(11-17)15(16)10-14/h3-10H,2,11,17H2,1H3. The number of rotatable bonds is 4. The van der Waals surface area contributed by atoms with Crippen LogP contribution in [-0.4, -0.2) is 6.54 Å². The molecule has 0 aliphatic rings. The summed E-state index contributed by atoms with van der Waals surface area (Å²) in [7, 11) is 0. The fraction of sp³-hybridized carbons (Fsp3) is 0.200. The third kappa shape index (κ3) is 2.51. The molecule has 0 radical (unpaired) electrons. The van der Waals surface area contributed by atoms with Crippen molar-refractivity contribution in [1.82, 2.24) is 0 Å². The number of nitrogens with two attached hydrogens (primary N) is 1. The van der Waals surface area contributed by atoms with Gasteiger partial charge in [-0.05, 0) is 31.2 Å². The van der Waals surface area contributed by atoms with Gasteiger partial charge in [-0.25, -0.2) is 4.39 Å². The molecule has 2 nitrogen and oxygen atoms in total. The largest absolute Gasteiger partial charge is 0.342 e. The Hall–Kier alpha value is -1.87. The fourth-order valence-corrected chi connectivity index (χ4v) is 1.99. The van der Waals surface area contributed by atoms with Crippen LogP contribution < -0.4 is 10.6 Å². The van der Waals surface area contributed by atoms with E-state index in [9.17, 15) is 4.39 Å². The molecule has 0 aliphatic carbocycles. The van der Waals surface area contributed by atoms with Crippen LogP contribution in [0.5, 0.6) is 0 Å². The van der Waals surface area contributed by atoms with Crippen molar-refractivity contribution in [3.8, 4) is 0 Å². The van der Waals surface area contributed by atoms with E-state index in [-0.39, 0.29) is 12.4 Å². The van der Waals surface area contributed by atoms with Gasteiger partial charge in [0, 0.05) is 30.0 Å². The van der Waals surface area contributed by atoms with Crippen LogP contribution in [0.2, 0.25) is 0 Å². The van der Waals surface area contributed by atoms with Gasteiger partial charge in [0.05, 0.1) is 0 Å². The highest BCUT2D eigenvalue weighted by Crippen LogP contribution is 2.26. The number of nitrogens with zero attached hydrogens (tertiary/aromatic N) is 1. The molecule has 0 aliphatic heterocycles. The molecule has 2 aromatic rings. The number of para-hydroxylation sites is 1. The lowest BCUT2D eigenvalue weighted by Gasteiger charge is -2.23. The molecule has 2 aromatic carbocycles. The lowest BCUT2D eigenvalue weighted by atomic mass is 10.1. The molecule has 0 bridgehead atoms. The average Bonchev–Trinajstić information content (AvgIpc) is 2.41. The summed E-state index contributed by atoms with van der Waals surface area (Å²) in [5.74, 6) is -0.246. The van der Waals surface area contributed by atoms with Crippen LogP contribution in [0.1, 0.15) is 12.5 Å². The van der Waals surface area contributed by atoms with Crippen molar-refractivity contribution in [3.05, 3.63) is 59.9 Å². The molecule has 0 saturated carbocycles. The highest BCUT2D eigenvalue weighted by molar-refractivity contribution is 5.63. The van der Waals surface area contributed by atoms with Crippen molar-refractivity contribution >= 4 is 11.4 Å². The van der Waals surface area contributed by atoms with Crippen molar-refractivity contribution in [1.29, 1.82) is 0 Å². The maximum Gasteiger partial charge on any atom is 0.129 e. The van der Waals surface area contributed by atoms with Gasteiger partial charge in [-0.1, -0.05) is 24.3 Å². The first-order valence-corrected chi connectivity index (χ1v) is 6.07. The van der Waals surface area contributed by atoms with E-state index in [1.165, 1.54) is 0 Å². The maximum absolute atomic E-state index is 13.8. The zero-order valence-corrected chi connectivity index (χ0v) is 10.4. The van der Waals surface area contributed by atoms with E-state index in [4.69, 9.17) is 5.73 Å². The van der Waals surface area contributed by atoms with Crippen molar-refractivity contribution < 1.29 is 4.39 Å². The molecule has 0 atom stereocenters. The van der Waals surface area contributed by atoms with Crippen LogP contribution in [0, 0.1) is 5.82 Å². The second-order valence-electron chi connectivity index (χ2n) is 4.06. The highest BCUT2D eigenvalue weighted by atomic mass is 19.1. The van der Waals surface area contributed by atoms with E-state index in [0.29, 0.717) is 5.56 Å². The zero-order chi connectivity index (χ0) is 13.0. The van der Waals surface area contributed by atoms with Crippen LogP contribution in [0.3, 0.4) is 0 Å². The second kappa shape index (κ2) is 5.65. The van der Waals surface area contributed by atoms with Gasteiger partial charge < -0.3 is 10.6 Å². The molecule has 2 rings (SSSR count). The minimum Gasteiger partial charge on any atom is -0.342 e. The molecular formula is C15H17FN2. The van der Waals surface area contributed by atoms with Gasteiger partial charge in [-0.15, -0.1) is 0 Å². The van der Waals surface area contributed by atoms with Crippen LogP contribution in [-0.2, 0) is 6.54 Å². The minimum atomic E-state index is -0.246.